The first kappa shape index (κ1) is 31.1. The van der Waals surface area contributed by atoms with Crippen molar-refractivity contribution in [2.24, 2.45) is 22.4 Å². The van der Waals surface area contributed by atoms with E-state index in [0.717, 1.165) is 10.8 Å². The van der Waals surface area contributed by atoms with Gasteiger partial charge in [-0.3, -0.25) is 19.9 Å². The van der Waals surface area contributed by atoms with Gasteiger partial charge in [0.05, 0.1) is 12.7 Å². The van der Waals surface area contributed by atoms with Crippen LogP contribution in [0.1, 0.15) is 46.7 Å². The number of aliphatic imine (C=N–C) groups is 1. The number of nitrogens with two attached hydrogens (primary N) is 2. The summed E-state index contributed by atoms with van der Waals surface area (Å²) in [5.41, 5.74) is 13.3. The number of fused-ring (bicyclic) bond motifs is 1. The molecule has 0 bridgehead atoms. The normalized spacial score (nSPS) is 20.8. The van der Waals surface area contributed by atoms with Crippen LogP contribution in [0, 0.1) is 5.92 Å². The molecule has 1 saturated heterocycles. The number of rotatable bonds is 11. The predicted octanol–water partition coefficient (Wildman–Crippen LogP) is 4.02. The fourth-order valence-electron chi connectivity index (χ4n) is 6.93. The number of hydrogen-bond donors (Lipinski definition) is 4. The van der Waals surface area contributed by atoms with Gasteiger partial charge in [-0.25, -0.2) is 0 Å². The Labute approximate surface area is 270 Å². The Hall–Kier alpha value is -4.89. The third kappa shape index (κ3) is 6.55. The molecular weight excluding hydrogens is 576 g/mol. The summed E-state index contributed by atoms with van der Waals surface area (Å²) in [6, 6.07) is 32.2. The van der Waals surface area contributed by atoms with Crippen molar-refractivity contribution in [2.75, 3.05) is 33.3 Å². The van der Waals surface area contributed by atoms with E-state index in [1.165, 1.54) is 11.1 Å². The van der Waals surface area contributed by atoms with Gasteiger partial charge in [0.2, 0.25) is 5.91 Å². The first-order chi connectivity index (χ1) is 22.4. The maximum Gasteiger partial charge on any atom is 0.255 e. The summed E-state index contributed by atoms with van der Waals surface area (Å²) in [6.45, 7) is 1.97. The van der Waals surface area contributed by atoms with E-state index in [2.05, 4.69) is 39.9 Å². The van der Waals surface area contributed by atoms with E-state index >= 15 is 0 Å². The third-order valence-corrected chi connectivity index (χ3v) is 9.40. The van der Waals surface area contributed by atoms with Crippen molar-refractivity contribution in [3.63, 3.8) is 0 Å². The summed E-state index contributed by atoms with van der Waals surface area (Å²) in [4.78, 5) is 34.1. The van der Waals surface area contributed by atoms with Crippen LogP contribution in [0.3, 0.4) is 0 Å². The molecule has 1 heterocycles. The highest BCUT2D eigenvalue weighted by atomic mass is 16.5. The van der Waals surface area contributed by atoms with Gasteiger partial charge in [0.1, 0.15) is 11.3 Å². The van der Waals surface area contributed by atoms with Crippen molar-refractivity contribution in [2.45, 2.75) is 36.8 Å². The summed E-state index contributed by atoms with van der Waals surface area (Å²) >= 11 is 0. The summed E-state index contributed by atoms with van der Waals surface area (Å²) in [7, 11) is 1.59. The van der Waals surface area contributed by atoms with Crippen LogP contribution in [0.5, 0.6) is 5.75 Å². The summed E-state index contributed by atoms with van der Waals surface area (Å²) < 4.78 is 5.68. The fraction of sp³-hybridized carbons (Fsp3) is 0.324. The van der Waals surface area contributed by atoms with Crippen LogP contribution in [0.15, 0.2) is 102 Å². The molecule has 238 valence electrons. The molecule has 6 rings (SSSR count). The van der Waals surface area contributed by atoms with Crippen LogP contribution in [0.2, 0.25) is 0 Å². The van der Waals surface area contributed by atoms with Gasteiger partial charge in [-0.1, -0.05) is 91.0 Å². The van der Waals surface area contributed by atoms with Gasteiger partial charge in [0.25, 0.3) is 5.91 Å². The van der Waals surface area contributed by atoms with E-state index in [1.54, 1.807) is 13.2 Å². The van der Waals surface area contributed by atoms with Crippen LogP contribution in [0.25, 0.3) is 10.8 Å². The lowest BCUT2D eigenvalue weighted by Gasteiger charge is -2.30. The molecule has 4 aromatic carbocycles. The van der Waals surface area contributed by atoms with Crippen molar-refractivity contribution >= 4 is 28.5 Å². The molecule has 0 aromatic heterocycles. The van der Waals surface area contributed by atoms with Crippen molar-refractivity contribution in [1.29, 1.82) is 0 Å². The van der Waals surface area contributed by atoms with Gasteiger partial charge >= 0.3 is 0 Å². The average molecular weight is 619 g/mol. The maximum absolute atomic E-state index is 14.4. The summed E-state index contributed by atoms with van der Waals surface area (Å²) in [6.07, 6.45) is 2.09. The minimum absolute atomic E-state index is 0.0267. The minimum Gasteiger partial charge on any atom is -0.495 e. The minimum atomic E-state index is -0.719. The van der Waals surface area contributed by atoms with Crippen molar-refractivity contribution in [1.82, 2.24) is 15.5 Å². The lowest BCUT2D eigenvalue weighted by atomic mass is 9.90. The molecule has 1 spiro atoms. The monoisotopic (exact) mass is 618 g/mol. The molecule has 1 saturated carbocycles. The fourth-order valence-corrected chi connectivity index (χ4v) is 6.93. The summed E-state index contributed by atoms with van der Waals surface area (Å²) in [5.74, 6) is 0.614. The Balaban J connectivity index is 1.23. The zero-order valence-electron chi connectivity index (χ0n) is 26.2. The van der Waals surface area contributed by atoms with Crippen LogP contribution in [-0.4, -0.2) is 67.5 Å². The Bertz CT molecular complexity index is 1670. The highest BCUT2D eigenvalue weighted by molar-refractivity contribution is 6.03. The zero-order chi connectivity index (χ0) is 32.1. The molecule has 0 radical (unpaired) electrons. The Morgan fingerprint density at radius 2 is 1.67 bits per heavy atom. The third-order valence-electron chi connectivity index (χ3n) is 9.40. The van der Waals surface area contributed by atoms with E-state index in [4.69, 9.17) is 16.2 Å². The van der Waals surface area contributed by atoms with Gasteiger partial charge in [-0.15, -0.1) is 0 Å². The van der Waals surface area contributed by atoms with E-state index in [0.29, 0.717) is 56.8 Å². The number of ether oxygens (including phenoxy) is 1. The van der Waals surface area contributed by atoms with Crippen LogP contribution in [-0.2, 0) is 4.79 Å². The lowest BCUT2D eigenvalue weighted by Crippen LogP contribution is -2.52. The Morgan fingerprint density at radius 3 is 2.35 bits per heavy atom. The van der Waals surface area contributed by atoms with Gasteiger partial charge in [-0.2, -0.15) is 0 Å². The van der Waals surface area contributed by atoms with Crippen molar-refractivity contribution in [3.05, 3.63) is 114 Å². The maximum atomic E-state index is 14.4. The molecule has 9 heteroatoms. The number of carbonyl (C=O) groups excluding carboxylic acids is 2. The second-order valence-electron chi connectivity index (χ2n) is 12.3. The van der Waals surface area contributed by atoms with E-state index < -0.39 is 5.54 Å². The standard InChI is InChI=1S/C37H42N6O3/c1-46-33-30-15-9-8-14-27(30)16-17-31(33)34(44)41-23-29-19-21-43(35(45)37(42-29)22-28(37)18-20-40-36(38)39)24-32(25-10-4-2-5-11-25)26-12-6-3-7-13-26/h2-17,28-29,32,42H,18-24H2,1H3,(H,41,44)(H4,38,39,40)/t28?,29-,37?/m0/s1. The predicted molar refractivity (Wildman–Crippen MR) is 182 cm³/mol. The number of carbonyl (C=O) groups is 2. The number of benzene rings is 4. The number of hydrogen-bond acceptors (Lipinski definition) is 5. The van der Waals surface area contributed by atoms with Crippen molar-refractivity contribution in [3.8, 4) is 5.75 Å². The summed E-state index contributed by atoms with van der Waals surface area (Å²) in [5, 5.41) is 8.73. The van der Waals surface area contributed by atoms with E-state index in [9.17, 15) is 9.59 Å². The average Bonchev–Trinajstić information content (AvgIpc) is 3.81. The molecule has 46 heavy (non-hydrogen) atoms. The largest absolute Gasteiger partial charge is 0.495 e. The topological polar surface area (TPSA) is 135 Å². The molecule has 4 aromatic rings. The van der Waals surface area contributed by atoms with Crippen LogP contribution >= 0.6 is 0 Å². The van der Waals surface area contributed by atoms with Gasteiger partial charge in [-0.05, 0) is 47.8 Å². The first-order valence-electron chi connectivity index (χ1n) is 16.0. The molecular formula is C37H42N6O3. The molecule has 2 fully saturated rings. The molecule has 1 aliphatic heterocycles. The van der Waals surface area contributed by atoms with Gasteiger partial charge < -0.3 is 26.4 Å². The first-order valence-corrected chi connectivity index (χ1v) is 16.0. The molecule has 2 unspecified atom stereocenters. The molecule has 2 aliphatic rings. The lowest BCUT2D eigenvalue weighted by molar-refractivity contribution is -0.134. The van der Waals surface area contributed by atoms with E-state index in [-0.39, 0.29) is 35.7 Å². The van der Waals surface area contributed by atoms with E-state index in [1.807, 2.05) is 71.6 Å². The smallest absolute Gasteiger partial charge is 0.255 e. The van der Waals surface area contributed by atoms with Crippen LogP contribution < -0.4 is 26.8 Å². The molecule has 9 nitrogen and oxygen atoms in total. The molecule has 1 aliphatic carbocycles. The Kier molecular flexibility index (Phi) is 9.21. The van der Waals surface area contributed by atoms with Crippen LogP contribution in [0.4, 0.5) is 0 Å². The van der Waals surface area contributed by atoms with Crippen molar-refractivity contribution < 1.29 is 14.3 Å². The zero-order valence-corrected chi connectivity index (χ0v) is 26.2. The number of amides is 2. The molecule has 2 amide bonds. The van der Waals surface area contributed by atoms with Gasteiger partial charge in [0.15, 0.2) is 5.96 Å². The Morgan fingerprint density at radius 1 is 1.00 bits per heavy atom. The molecule has 3 atom stereocenters. The quantitative estimate of drug-likeness (QED) is 0.148. The number of guanidine groups is 1. The van der Waals surface area contributed by atoms with Gasteiger partial charge in [0, 0.05) is 43.5 Å². The second-order valence-corrected chi connectivity index (χ2v) is 12.3. The number of methoxy groups -OCH3 is 1. The number of nitrogens with zero attached hydrogens (tertiary/aromatic N) is 2. The highest BCUT2D eigenvalue weighted by Crippen LogP contribution is 2.49. The number of nitrogens with one attached hydrogen (secondary N) is 2. The molecule has 6 N–H and O–H groups in total. The highest BCUT2D eigenvalue weighted by Gasteiger charge is 2.62. The SMILES string of the molecule is COc1c(C(=O)NC[C@@H]2CCN(CC(c3ccccc3)c3ccccc3)C(=O)C3(CC3CCN=C(N)N)N2)ccc2ccccc12. The second kappa shape index (κ2) is 13.6.